The van der Waals surface area contributed by atoms with Gasteiger partial charge in [0, 0.05) is 24.6 Å². The summed E-state index contributed by atoms with van der Waals surface area (Å²) in [6.07, 6.45) is 2.17. The minimum absolute atomic E-state index is 0.0213. The Morgan fingerprint density at radius 2 is 2.05 bits per heavy atom. The van der Waals surface area contributed by atoms with E-state index >= 15 is 0 Å². The lowest BCUT2D eigenvalue weighted by atomic mass is 10.1. The SMILES string of the molecule is CC(C)(C)NCCc1ncc(-c2ccccc2[N+](=O)[O-])o1. The first-order chi connectivity index (χ1) is 9.87. The lowest BCUT2D eigenvalue weighted by molar-refractivity contribution is -0.384. The number of rotatable bonds is 5. The first kappa shape index (κ1) is 15.2. The highest BCUT2D eigenvalue weighted by molar-refractivity contribution is 5.68. The number of oxazole rings is 1. The van der Waals surface area contributed by atoms with Crippen molar-refractivity contribution < 1.29 is 9.34 Å². The molecule has 0 saturated heterocycles. The molecule has 6 nitrogen and oxygen atoms in total. The van der Waals surface area contributed by atoms with E-state index in [-0.39, 0.29) is 11.2 Å². The zero-order chi connectivity index (χ0) is 15.5. The summed E-state index contributed by atoms with van der Waals surface area (Å²) in [5, 5.41) is 14.4. The molecule has 1 aromatic carbocycles. The fourth-order valence-corrected chi connectivity index (χ4v) is 1.94. The van der Waals surface area contributed by atoms with Gasteiger partial charge in [0.2, 0.25) is 0 Å². The maximum Gasteiger partial charge on any atom is 0.280 e. The van der Waals surface area contributed by atoms with Gasteiger partial charge in [-0.2, -0.15) is 0 Å². The molecule has 112 valence electrons. The fraction of sp³-hybridized carbons (Fsp3) is 0.400. The standard InChI is InChI=1S/C15H19N3O3/c1-15(2,3)17-9-8-14-16-10-13(21-14)11-6-4-5-7-12(11)18(19)20/h4-7,10,17H,8-9H2,1-3H3. The molecule has 6 heteroatoms. The van der Waals surface area contributed by atoms with Gasteiger partial charge in [0.1, 0.15) is 0 Å². The normalized spacial score (nSPS) is 11.6. The molecule has 0 radical (unpaired) electrons. The van der Waals surface area contributed by atoms with Crippen molar-refractivity contribution in [3.8, 4) is 11.3 Å². The zero-order valence-corrected chi connectivity index (χ0v) is 12.4. The summed E-state index contributed by atoms with van der Waals surface area (Å²) in [5.41, 5.74) is 0.506. The molecule has 1 heterocycles. The molecule has 0 aliphatic carbocycles. The molecule has 2 rings (SSSR count). The van der Waals surface area contributed by atoms with Crippen LogP contribution in [0.1, 0.15) is 26.7 Å². The Kier molecular flexibility index (Phi) is 4.37. The number of aromatic nitrogens is 1. The molecule has 0 unspecified atom stereocenters. The van der Waals surface area contributed by atoms with Crippen LogP contribution in [-0.4, -0.2) is 22.0 Å². The van der Waals surface area contributed by atoms with Gasteiger partial charge < -0.3 is 9.73 Å². The summed E-state index contributed by atoms with van der Waals surface area (Å²) in [6, 6.07) is 6.49. The lowest BCUT2D eigenvalue weighted by Gasteiger charge is -2.19. The van der Waals surface area contributed by atoms with E-state index in [1.807, 2.05) is 0 Å². The van der Waals surface area contributed by atoms with E-state index in [0.29, 0.717) is 23.6 Å². The van der Waals surface area contributed by atoms with Gasteiger partial charge in [-0.05, 0) is 26.8 Å². The second kappa shape index (κ2) is 6.05. The highest BCUT2D eigenvalue weighted by Gasteiger charge is 2.18. The highest BCUT2D eigenvalue weighted by Crippen LogP contribution is 2.29. The van der Waals surface area contributed by atoms with Crippen molar-refractivity contribution in [2.75, 3.05) is 6.54 Å². The van der Waals surface area contributed by atoms with Gasteiger partial charge in [0.05, 0.1) is 16.7 Å². The molecule has 0 bridgehead atoms. The van der Waals surface area contributed by atoms with Gasteiger partial charge in [-0.1, -0.05) is 12.1 Å². The quantitative estimate of drug-likeness (QED) is 0.675. The summed E-state index contributed by atoms with van der Waals surface area (Å²) in [4.78, 5) is 14.8. The summed E-state index contributed by atoms with van der Waals surface area (Å²) in [5.74, 6) is 0.993. The largest absolute Gasteiger partial charge is 0.440 e. The minimum Gasteiger partial charge on any atom is -0.440 e. The lowest BCUT2D eigenvalue weighted by Crippen LogP contribution is -2.37. The Morgan fingerprint density at radius 1 is 1.33 bits per heavy atom. The van der Waals surface area contributed by atoms with Crippen LogP contribution in [0, 0.1) is 10.1 Å². The number of nitro groups is 1. The van der Waals surface area contributed by atoms with Crippen molar-refractivity contribution in [2.24, 2.45) is 0 Å². The topological polar surface area (TPSA) is 81.2 Å². The van der Waals surface area contributed by atoms with Crippen LogP contribution in [0.5, 0.6) is 0 Å². The monoisotopic (exact) mass is 289 g/mol. The second-order valence-electron chi connectivity index (χ2n) is 5.82. The molecule has 0 aliphatic heterocycles. The molecular formula is C15H19N3O3. The number of para-hydroxylation sites is 1. The molecule has 1 N–H and O–H groups in total. The van der Waals surface area contributed by atoms with Gasteiger partial charge in [0.15, 0.2) is 11.7 Å². The van der Waals surface area contributed by atoms with Crippen LogP contribution in [0.15, 0.2) is 34.9 Å². The smallest absolute Gasteiger partial charge is 0.280 e. The minimum atomic E-state index is -0.418. The van der Waals surface area contributed by atoms with Crippen LogP contribution in [0.25, 0.3) is 11.3 Å². The average Bonchev–Trinajstić information content (AvgIpc) is 2.86. The molecule has 21 heavy (non-hydrogen) atoms. The van der Waals surface area contributed by atoms with E-state index in [1.165, 1.54) is 12.3 Å². The van der Waals surface area contributed by atoms with Crippen molar-refractivity contribution >= 4 is 5.69 Å². The predicted octanol–water partition coefficient (Wildman–Crippen LogP) is 3.18. The summed E-state index contributed by atoms with van der Waals surface area (Å²) in [7, 11) is 0. The van der Waals surface area contributed by atoms with Crippen molar-refractivity contribution in [3.05, 3.63) is 46.5 Å². The van der Waals surface area contributed by atoms with Crippen molar-refractivity contribution in [1.82, 2.24) is 10.3 Å². The Balaban J connectivity index is 2.12. The third-order valence-electron chi connectivity index (χ3n) is 2.91. The Hall–Kier alpha value is -2.21. The number of hydrogen-bond donors (Lipinski definition) is 1. The van der Waals surface area contributed by atoms with E-state index in [4.69, 9.17) is 4.42 Å². The van der Waals surface area contributed by atoms with E-state index < -0.39 is 4.92 Å². The highest BCUT2D eigenvalue weighted by atomic mass is 16.6. The van der Waals surface area contributed by atoms with Crippen molar-refractivity contribution in [2.45, 2.75) is 32.7 Å². The van der Waals surface area contributed by atoms with Crippen LogP contribution in [0.3, 0.4) is 0 Å². The average molecular weight is 289 g/mol. The molecule has 1 aromatic heterocycles. The molecule has 0 aliphatic rings. The Labute approximate surface area is 123 Å². The van der Waals surface area contributed by atoms with Crippen LogP contribution in [0.2, 0.25) is 0 Å². The van der Waals surface area contributed by atoms with Crippen LogP contribution < -0.4 is 5.32 Å². The van der Waals surface area contributed by atoms with E-state index in [0.717, 1.165) is 6.54 Å². The molecule has 0 fully saturated rings. The number of hydrogen-bond acceptors (Lipinski definition) is 5. The maximum atomic E-state index is 11.0. The second-order valence-corrected chi connectivity index (χ2v) is 5.82. The van der Waals surface area contributed by atoms with Crippen molar-refractivity contribution in [1.29, 1.82) is 0 Å². The summed E-state index contributed by atoms with van der Waals surface area (Å²) >= 11 is 0. The third-order valence-corrected chi connectivity index (χ3v) is 2.91. The molecule has 0 atom stereocenters. The Bertz CT molecular complexity index is 629. The van der Waals surface area contributed by atoms with Gasteiger partial charge in [-0.25, -0.2) is 4.98 Å². The number of nitrogens with zero attached hydrogens (tertiary/aromatic N) is 2. The van der Waals surface area contributed by atoms with Crippen LogP contribution >= 0.6 is 0 Å². The van der Waals surface area contributed by atoms with E-state index in [1.54, 1.807) is 18.2 Å². The van der Waals surface area contributed by atoms with Crippen molar-refractivity contribution in [3.63, 3.8) is 0 Å². The van der Waals surface area contributed by atoms with Gasteiger partial charge in [0.25, 0.3) is 5.69 Å². The van der Waals surface area contributed by atoms with Gasteiger partial charge in [-0.3, -0.25) is 10.1 Å². The van der Waals surface area contributed by atoms with E-state index in [9.17, 15) is 10.1 Å². The Morgan fingerprint density at radius 3 is 2.71 bits per heavy atom. The molecule has 0 amide bonds. The summed E-state index contributed by atoms with van der Waals surface area (Å²) in [6.45, 7) is 6.99. The predicted molar refractivity (Wildman–Crippen MR) is 80.1 cm³/mol. The number of benzene rings is 1. The number of nitrogens with one attached hydrogen (secondary N) is 1. The molecular weight excluding hydrogens is 270 g/mol. The molecule has 0 spiro atoms. The van der Waals surface area contributed by atoms with E-state index in [2.05, 4.69) is 31.1 Å². The van der Waals surface area contributed by atoms with Crippen LogP contribution in [-0.2, 0) is 6.42 Å². The first-order valence-electron chi connectivity index (χ1n) is 6.80. The van der Waals surface area contributed by atoms with Crippen LogP contribution in [0.4, 0.5) is 5.69 Å². The first-order valence-corrected chi connectivity index (χ1v) is 6.80. The number of nitro benzene ring substituents is 1. The molecule has 0 saturated carbocycles. The molecule has 2 aromatic rings. The maximum absolute atomic E-state index is 11.0. The zero-order valence-electron chi connectivity index (χ0n) is 12.4. The fourth-order valence-electron chi connectivity index (χ4n) is 1.94. The van der Waals surface area contributed by atoms with Gasteiger partial charge >= 0.3 is 0 Å². The summed E-state index contributed by atoms with van der Waals surface area (Å²) < 4.78 is 5.62. The van der Waals surface area contributed by atoms with Gasteiger partial charge in [-0.15, -0.1) is 0 Å². The third kappa shape index (κ3) is 4.13.